The van der Waals surface area contributed by atoms with Crippen molar-refractivity contribution in [1.29, 1.82) is 5.26 Å². The molecule has 0 spiro atoms. The van der Waals surface area contributed by atoms with Crippen LogP contribution in [-0.4, -0.2) is 54.8 Å². The van der Waals surface area contributed by atoms with E-state index in [0.717, 1.165) is 13.1 Å². The molecule has 0 unspecified atom stereocenters. The number of benzene rings is 1. The number of nitrogens with one attached hydrogen (secondary N) is 1. The summed E-state index contributed by atoms with van der Waals surface area (Å²) in [6, 6.07) is 9.03. The van der Waals surface area contributed by atoms with Crippen LogP contribution in [0.3, 0.4) is 0 Å². The maximum atomic E-state index is 12.6. The van der Waals surface area contributed by atoms with Gasteiger partial charge in [0.05, 0.1) is 5.57 Å². The van der Waals surface area contributed by atoms with Crippen LogP contribution in [0.1, 0.15) is 5.56 Å². The van der Waals surface area contributed by atoms with Crippen LogP contribution in [0.15, 0.2) is 29.8 Å². The fourth-order valence-corrected chi connectivity index (χ4v) is 2.74. The highest BCUT2D eigenvalue weighted by molar-refractivity contribution is 6.36. The highest BCUT2D eigenvalue weighted by Gasteiger charge is 2.32. The molecule has 1 saturated heterocycles. The van der Waals surface area contributed by atoms with Gasteiger partial charge in [0.2, 0.25) is 0 Å². The molecule has 112 valence electrons. The lowest BCUT2D eigenvalue weighted by Gasteiger charge is -2.32. The van der Waals surface area contributed by atoms with E-state index in [1.54, 1.807) is 29.2 Å². The first kappa shape index (κ1) is 14.3. The zero-order chi connectivity index (χ0) is 15.7. The first-order chi connectivity index (χ1) is 10.6. The number of amides is 2. The van der Waals surface area contributed by atoms with Gasteiger partial charge in [0, 0.05) is 37.4 Å². The van der Waals surface area contributed by atoms with Crippen LogP contribution in [0.4, 0.5) is 5.69 Å². The maximum Gasteiger partial charge on any atom is 0.265 e. The molecule has 0 bridgehead atoms. The van der Waals surface area contributed by atoms with Crippen molar-refractivity contribution in [1.82, 2.24) is 9.80 Å². The van der Waals surface area contributed by atoms with E-state index in [9.17, 15) is 14.9 Å². The molecule has 6 heteroatoms. The van der Waals surface area contributed by atoms with E-state index in [2.05, 4.69) is 10.2 Å². The SMILES string of the molecule is CN1CCN(C(=O)/C(C#N)=C2/C(=O)Nc3ccccc32)CC1. The van der Waals surface area contributed by atoms with E-state index in [-0.39, 0.29) is 23.0 Å². The molecule has 22 heavy (non-hydrogen) atoms. The Morgan fingerprint density at radius 3 is 2.59 bits per heavy atom. The van der Waals surface area contributed by atoms with E-state index in [1.165, 1.54) is 0 Å². The number of hydrogen-bond donors (Lipinski definition) is 1. The number of hydrogen-bond acceptors (Lipinski definition) is 4. The van der Waals surface area contributed by atoms with Crippen molar-refractivity contribution >= 4 is 23.1 Å². The first-order valence-corrected chi connectivity index (χ1v) is 7.14. The minimum Gasteiger partial charge on any atom is -0.335 e. The molecule has 2 aliphatic rings. The molecular formula is C16H16N4O2. The number of nitrogens with zero attached hydrogens (tertiary/aromatic N) is 3. The fourth-order valence-electron chi connectivity index (χ4n) is 2.74. The Morgan fingerprint density at radius 1 is 1.23 bits per heavy atom. The number of piperazine rings is 1. The van der Waals surface area contributed by atoms with Gasteiger partial charge >= 0.3 is 0 Å². The van der Waals surface area contributed by atoms with Crippen LogP contribution in [0.25, 0.3) is 5.57 Å². The molecule has 0 aliphatic carbocycles. The highest BCUT2D eigenvalue weighted by atomic mass is 16.2. The third kappa shape index (κ3) is 2.36. The van der Waals surface area contributed by atoms with Crippen molar-refractivity contribution < 1.29 is 9.59 Å². The van der Waals surface area contributed by atoms with Crippen LogP contribution < -0.4 is 5.32 Å². The minimum atomic E-state index is -0.389. The van der Waals surface area contributed by atoms with Crippen molar-refractivity contribution in [2.24, 2.45) is 0 Å². The summed E-state index contributed by atoms with van der Waals surface area (Å²) in [5, 5.41) is 12.1. The summed E-state index contributed by atoms with van der Waals surface area (Å²) in [4.78, 5) is 28.6. The predicted molar refractivity (Wildman–Crippen MR) is 81.7 cm³/mol. The quantitative estimate of drug-likeness (QED) is 0.611. The normalized spacial score (nSPS) is 20.2. The average Bonchev–Trinajstić information content (AvgIpc) is 2.85. The number of carbonyl (C=O) groups is 2. The monoisotopic (exact) mass is 296 g/mol. The second kappa shape index (κ2) is 5.62. The number of para-hydroxylation sites is 1. The fraction of sp³-hybridized carbons (Fsp3) is 0.312. The molecular weight excluding hydrogens is 280 g/mol. The average molecular weight is 296 g/mol. The van der Waals surface area contributed by atoms with Crippen molar-refractivity contribution in [3.8, 4) is 6.07 Å². The topological polar surface area (TPSA) is 76.4 Å². The lowest BCUT2D eigenvalue weighted by atomic mass is 10.0. The van der Waals surface area contributed by atoms with Crippen molar-refractivity contribution in [3.05, 3.63) is 35.4 Å². The summed E-state index contributed by atoms with van der Waals surface area (Å²) >= 11 is 0. The number of rotatable bonds is 1. The summed E-state index contributed by atoms with van der Waals surface area (Å²) in [6.07, 6.45) is 0. The molecule has 6 nitrogen and oxygen atoms in total. The summed E-state index contributed by atoms with van der Waals surface area (Å²) in [5.41, 5.74) is 1.36. The molecule has 0 saturated carbocycles. The number of likely N-dealkylation sites (N-methyl/N-ethyl adjacent to an activating group) is 1. The Morgan fingerprint density at radius 2 is 1.91 bits per heavy atom. The van der Waals surface area contributed by atoms with Crippen LogP contribution in [0, 0.1) is 11.3 Å². The molecule has 3 rings (SSSR count). The second-order valence-electron chi connectivity index (χ2n) is 5.46. The molecule has 1 fully saturated rings. The third-order valence-electron chi connectivity index (χ3n) is 4.04. The van der Waals surface area contributed by atoms with Crippen molar-refractivity contribution in [3.63, 3.8) is 0 Å². The van der Waals surface area contributed by atoms with Gasteiger partial charge in [-0.2, -0.15) is 5.26 Å². The Kier molecular flexibility index (Phi) is 3.65. The summed E-state index contributed by atoms with van der Waals surface area (Å²) in [6.45, 7) is 2.67. The third-order valence-corrected chi connectivity index (χ3v) is 4.04. The Balaban J connectivity index is 1.98. The lowest BCUT2D eigenvalue weighted by Crippen LogP contribution is -2.47. The lowest BCUT2D eigenvalue weighted by molar-refractivity contribution is -0.128. The Labute approximate surface area is 128 Å². The second-order valence-corrected chi connectivity index (χ2v) is 5.46. The van der Waals surface area contributed by atoms with Gasteiger partial charge < -0.3 is 15.1 Å². The van der Waals surface area contributed by atoms with E-state index in [0.29, 0.717) is 24.3 Å². The van der Waals surface area contributed by atoms with E-state index in [4.69, 9.17) is 0 Å². The van der Waals surface area contributed by atoms with Crippen molar-refractivity contribution in [2.75, 3.05) is 38.5 Å². The maximum absolute atomic E-state index is 12.6. The molecule has 2 aliphatic heterocycles. The van der Waals surface area contributed by atoms with Gasteiger partial charge in [0.15, 0.2) is 0 Å². The number of anilines is 1. The van der Waals surface area contributed by atoms with Crippen LogP contribution in [-0.2, 0) is 9.59 Å². The van der Waals surface area contributed by atoms with Gasteiger partial charge in [-0.1, -0.05) is 18.2 Å². The molecule has 0 aromatic heterocycles. The highest BCUT2D eigenvalue weighted by Crippen LogP contribution is 2.33. The van der Waals surface area contributed by atoms with Gasteiger partial charge in [-0.3, -0.25) is 9.59 Å². The number of carbonyl (C=O) groups excluding carboxylic acids is 2. The minimum absolute atomic E-state index is 0.0768. The van der Waals surface area contributed by atoms with Gasteiger partial charge in [0.25, 0.3) is 11.8 Å². The van der Waals surface area contributed by atoms with Gasteiger partial charge in [-0.05, 0) is 13.1 Å². The zero-order valence-corrected chi connectivity index (χ0v) is 12.3. The standard InChI is InChI=1S/C16H16N4O2/c1-19-6-8-20(9-7-19)16(22)12(10-17)14-11-4-2-3-5-13(11)18-15(14)21/h2-5H,6-9H2,1H3,(H,18,21)/b14-12+. The van der Waals surface area contributed by atoms with Crippen LogP contribution >= 0.6 is 0 Å². The van der Waals surface area contributed by atoms with Crippen LogP contribution in [0.5, 0.6) is 0 Å². The van der Waals surface area contributed by atoms with Gasteiger partial charge in [0.1, 0.15) is 11.6 Å². The Hall–Kier alpha value is -2.65. The van der Waals surface area contributed by atoms with Crippen LogP contribution in [0.2, 0.25) is 0 Å². The van der Waals surface area contributed by atoms with E-state index in [1.807, 2.05) is 13.1 Å². The first-order valence-electron chi connectivity index (χ1n) is 7.14. The molecule has 1 N–H and O–H groups in total. The van der Waals surface area contributed by atoms with E-state index >= 15 is 0 Å². The summed E-state index contributed by atoms with van der Waals surface area (Å²) in [5.74, 6) is -0.752. The summed E-state index contributed by atoms with van der Waals surface area (Å²) in [7, 11) is 1.99. The smallest absolute Gasteiger partial charge is 0.265 e. The molecule has 2 amide bonds. The molecule has 2 heterocycles. The number of nitriles is 1. The van der Waals surface area contributed by atoms with Gasteiger partial charge in [-0.15, -0.1) is 0 Å². The molecule has 0 atom stereocenters. The van der Waals surface area contributed by atoms with Crippen molar-refractivity contribution in [2.45, 2.75) is 0 Å². The van der Waals surface area contributed by atoms with Gasteiger partial charge in [-0.25, -0.2) is 0 Å². The number of fused-ring (bicyclic) bond motifs is 1. The Bertz CT molecular complexity index is 709. The largest absolute Gasteiger partial charge is 0.335 e. The molecule has 1 aromatic carbocycles. The zero-order valence-electron chi connectivity index (χ0n) is 12.3. The molecule has 0 radical (unpaired) electrons. The van der Waals surface area contributed by atoms with E-state index < -0.39 is 0 Å². The molecule has 1 aromatic rings. The summed E-state index contributed by atoms with van der Waals surface area (Å²) < 4.78 is 0. The predicted octanol–water partition coefficient (Wildman–Crippen LogP) is 0.690.